The number of hydrogen-bond acceptors (Lipinski definition) is 2. The highest BCUT2D eigenvalue weighted by molar-refractivity contribution is 5.64. The van der Waals surface area contributed by atoms with Gasteiger partial charge in [-0.3, -0.25) is 4.98 Å². The van der Waals surface area contributed by atoms with Crippen molar-refractivity contribution in [2.24, 2.45) is 0 Å². The van der Waals surface area contributed by atoms with Crippen molar-refractivity contribution >= 4 is 0 Å². The number of unbranched alkanes of at least 4 members (excludes halogenated alkanes) is 3. The SMILES string of the molecule is CCCCCCc1cc(OC)ccc1-c1ccccn1. The van der Waals surface area contributed by atoms with Gasteiger partial charge in [0.05, 0.1) is 12.8 Å². The summed E-state index contributed by atoms with van der Waals surface area (Å²) in [7, 11) is 1.72. The minimum atomic E-state index is 0.926. The van der Waals surface area contributed by atoms with Crippen molar-refractivity contribution in [1.29, 1.82) is 0 Å². The molecule has 0 atom stereocenters. The molecule has 106 valence electrons. The Morgan fingerprint density at radius 3 is 2.65 bits per heavy atom. The van der Waals surface area contributed by atoms with Gasteiger partial charge in [-0.15, -0.1) is 0 Å². The first-order valence-corrected chi connectivity index (χ1v) is 7.43. The maximum absolute atomic E-state index is 5.35. The number of pyridine rings is 1. The first-order chi connectivity index (χ1) is 9.85. The topological polar surface area (TPSA) is 22.1 Å². The molecule has 2 aromatic rings. The van der Waals surface area contributed by atoms with E-state index < -0.39 is 0 Å². The fourth-order valence-electron chi connectivity index (χ4n) is 2.42. The molecule has 20 heavy (non-hydrogen) atoms. The van der Waals surface area contributed by atoms with Crippen molar-refractivity contribution < 1.29 is 4.74 Å². The molecule has 2 rings (SSSR count). The average Bonchev–Trinajstić information content (AvgIpc) is 2.52. The van der Waals surface area contributed by atoms with Gasteiger partial charge in [0.25, 0.3) is 0 Å². The van der Waals surface area contributed by atoms with Gasteiger partial charge in [-0.25, -0.2) is 0 Å². The second-order valence-electron chi connectivity index (χ2n) is 5.05. The molecule has 0 saturated carbocycles. The molecule has 0 bridgehead atoms. The molecule has 0 spiro atoms. The molecule has 1 heterocycles. The van der Waals surface area contributed by atoms with Crippen LogP contribution in [0.1, 0.15) is 38.2 Å². The molecule has 1 aromatic carbocycles. The Morgan fingerprint density at radius 2 is 1.95 bits per heavy atom. The molecule has 2 nitrogen and oxygen atoms in total. The third-order valence-corrected chi connectivity index (χ3v) is 3.55. The standard InChI is InChI=1S/C18H23NO/c1-3-4-5-6-9-15-14-16(20-2)11-12-17(15)18-10-7-8-13-19-18/h7-8,10-14H,3-6,9H2,1-2H3. The molecule has 0 unspecified atom stereocenters. The van der Waals surface area contributed by atoms with Crippen molar-refractivity contribution in [3.63, 3.8) is 0 Å². The summed E-state index contributed by atoms with van der Waals surface area (Å²) in [6.07, 6.45) is 8.02. The fourth-order valence-corrected chi connectivity index (χ4v) is 2.42. The average molecular weight is 269 g/mol. The largest absolute Gasteiger partial charge is 0.497 e. The van der Waals surface area contributed by atoms with E-state index in [0.717, 1.165) is 17.9 Å². The monoisotopic (exact) mass is 269 g/mol. The quantitative estimate of drug-likeness (QED) is 0.668. The van der Waals surface area contributed by atoms with Gasteiger partial charge in [0.1, 0.15) is 5.75 Å². The number of benzene rings is 1. The summed E-state index contributed by atoms with van der Waals surface area (Å²) in [6.45, 7) is 2.24. The molecule has 2 heteroatoms. The second-order valence-corrected chi connectivity index (χ2v) is 5.05. The number of hydrogen-bond donors (Lipinski definition) is 0. The fraction of sp³-hybridized carbons (Fsp3) is 0.389. The number of aryl methyl sites for hydroxylation is 1. The van der Waals surface area contributed by atoms with Gasteiger partial charge in [-0.2, -0.15) is 0 Å². The minimum Gasteiger partial charge on any atom is -0.497 e. The summed E-state index contributed by atoms with van der Waals surface area (Å²) in [5.74, 6) is 0.926. The normalized spacial score (nSPS) is 10.5. The number of aromatic nitrogens is 1. The Balaban J connectivity index is 2.21. The Morgan fingerprint density at radius 1 is 1.05 bits per heavy atom. The van der Waals surface area contributed by atoms with Crippen molar-refractivity contribution in [3.8, 4) is 17.0 Å². The van der Waals surface area contributed by atoms with Crippen LogP contribution in [0.5, 0.6) is 5.75 Å². The third-order valence-electron chi connectivity index (χ3n) is 3.55. The molecular formula is C18H23NO. The van der Waals surface area contributed by atoms with E-state index in [1.165, 1.54) is 36.8 Å². The maximum atomic E-state index is 5.35. The van der Waals surface area contributed by atoms with Gasteiger partial charge in [0.2, 0.25) is 0 Å². The first-order valence-electron chi connectivity index (χ1n) is 7.43. The van der Waals surface area contributed by atoms with E-state index in [1.807, 2.05) is 24.4 Å². The molecule has 0 aliphatic carbocycles. The van der Waals surface area contributed by atoms with Gasteiger partial charge in [0, 0.05) is 11.8 Å². The first kappa shape index (κ1) is 14.6. The van der Waals surface area contributed by atoms with E-state index in [0.29, 0.717) is 0 Å². The van der Waals surface area contributed by atoms with Crippen molar-refractivity contribution in [1.82, 2.24) is 4.98 Å². The van der Waals surface area contributed by atoms with E-state index in [9.17, 15) is 0 Å². The summed E-state index contributed by atoms with van der Waals surface area (Å²) < 4.78 is 5.35. The van der Waals surface area contributed by atoms with Crippen LogP contribution in [0.4, 0.5) is 0 Å². The lowest BCUT2D eigenvalue weighted by Gasteiger charge is -2.11. The van der Waals surface area contributed by atoms with E-state index in [1.54, 1.807) is 7.11 Å². The molecule has 1 aromatic heterocycles. The Bertz CT molecular complexity index is 522. The molecule has 0 saturated heterocycles. The summed E-state index contributed by atoms with van der Waals surface area (Å²) >= 11 is 0. The summed E-state index contributed by atoms with van der Waals surface area (Å²) in [5, 5.41) is 0. The van der Waals surface area contributed by atoms with Crippen molar-refractivity contribution in [2.75, 3.05) is 7.11 Å². The Hall–Kier alpha value is -1.83. The number of rotatable bonds is 7. The van der Waals surface area contributed by atoms with Crippen LogP contribution in [0.3, 0.4) is 0 Å². The summed E-state index contributed by atoms with van der Waals surface area (Å²) in [5.41, 5.74) is 3.60. The number of nitrogens with zero attached hydrogens (tertiary/aromatic N) is 1. The van der Waals surface area contributed by atoms with E-state index in [4.69, 9.17) is 4.74 Å². The van der Waals surface area contributed by atoms with E-state index in [-0.39, 0.29) is 0 Å². The van der Waals surface area contributed by atoms with Crippen molar-refractivity contribution in [3.05, 3.63) is 48.2 Å². The summed E-state index contributed by atoms with van der Waals surface area (Å²) in [4.78, 5) is 4.47. The highest BCUT2D eigenvalue weighted by Gasteiger charge is 2.07. The van der Waals surface area contributed by atoms with Crippen LogP contribution >= 0.6 is 0 Å². The minimum absolute atomic E-state index is 0.926. The van der Waals surface area contributed by atoms with Gasteiger partial charge in [0.15, 0.2) is 0 Å². The van der Waals surface area contributed by atoms with E-state index in [2.05, 4.69) is 30.1 Å². The van der Waals surface area contributed by atoms with Crippen LogP contribution in [0.15, 0.2) is 42.6 Å². The van der Waals surface area contributed by atoms with Crippen LogP contribution in [0, 0.1) is 0 Å². The molecule has 0 aliphatic rings. The van der Waals surface area contributed by atoms with Crippen LogP contribution < -0.4 is 4.74 Å². The third kappa shape index (κ3) is 3.83. The zero-order chi connectivity index (χ0) is 14.2. The van der Waals surface area contributed by atoms with Gasteiger partial charge < -0.3 is 4.74 Å². The van der Waals surface area contributed by atoms with Crippen LogP contribution in [-0.4, -0.2) is 12.1 Å². The van der Waals surface area contributed by atoms with Gasteiger partial charge >= 0.3 is 0 Å². The Labute approximate surface area is 121 Å². The lowest BCUT2D eigenvalue weighted by Crippen LogP contribution is -1.94. The maximum Gasteiger partial charge on any atom is 0.119 e. The highest BCUT2D eigenvalue weighted by atomic mass is 16.5. The van der Waals surface area contributed by atoms with Crippen LogP contribution in [0.2, 0.25) is 0 Å². The van der Waals surface area contributed by atoms with Gasteiger partial charge in [-0.05, 0) is 48.7 Å². The smallest absolute Gasteiger partial charge is 0.119 e. The predicted octanol–water partition coefficient (Wildman–Crippen LogP) is 4.88. The molecule has 0 aliphatic heterocycles. The van der Waals surface area contributed by atoms with E-state index >= 15 is 0 Å². The number of ether oxygens (including phenoxy) is 1. The summed E-state index contributed by atoms with van der Waals surface area (Å²) in [6, 6.07) is 12.3. The molecule has 0 amide bonds. The zero-order valence-corrected chi connectivity index (χ0v) is 12.4. The molecule has 0 fully saturated rings. The van der Waals surface area contributed by atoms with Crippen molar-refractivity contribution in [2.45, 2.75) is 39.0 Å². The van der Waals surface area contributed by atoms with Gasteiger partial charge in [-0.1, -0.05) is 32.3 Å². The lowest BCUT2D eigenvalue weighted by atomic mass is 9.98. The Kier molecular flexibility index (Phi) is 5.60. The highest BCUT2D eigenvalue weighted by Crippen LogP contribution is 2.27. The molecule has 0 N–H and O–H groups in total. The zero-order valence-electron chi connectivity index (χ0n) is 12.4. The second kappa shape index (κ2) is 7.68. The predicted molar refractivity (Wildman–Crippen MR) is 84.1 cm³/mol. The molecule has 0 radical (unpaired) electrons. The van der Waals surface area contributed by atoms with Crippen LogP contribution in [-0.2, 0) is 6.42 Å². The lowest BCUT2D eigenvalue weighted by molar-refractivity contribution is 0.414. The number of methoxy groups -OCH3 is 1. The van der Waals surface area contributed by atoms with Crippen LogP contribution in [0.25, 0.3) is 11.3 Å². The molecular weight excluding hydrogens is 246 g/mol.